The Morgan fingerprint density at radius 2 is 2.08 bits per heavy atom. The van der Waals surface area contributed by atoms with Gasteiger partial charge in [0.25, 0.3) is 0 Å². The molecule has 0 aromatic rings. The van der Waals surface area contributed by atoms with Gasteiger partial charge in [0.05, 0.1) is 19.1 Å². The van der Waals surface area contributed by atoms with E-state index in [0.717, 1.165) is 0 Å². The third-order valence-corrected chi connectivity index (χ3v) is 2.96. The summed E-state index contributed by atoms with van der Waals surface area (Å²) in [7, 11) is 0. The van der Waals surface area contributed by atoms with E-state index in [2.05, 4.69) is 0 Å². The molecule has 1 saturated heterocycles. The van der Waals surface area contributed by atoms with Crippen LogP contribution in [-0.4, -0.2) is 47.9 Å². The van der Waals surface area contributed by atoms with Gasteiger partial charge in [-0.2, -0.15) is 0 Å². The monoisotopic (exact) mass is 225 g/mol. The molecule has 0 aliphatic carbocycles. The lowest BCUT2D eigenvalue weighted by Gasteiger charge is -2.31. The Hall–Kier alpha value is 0.01000. The molecular formula is C8H13Cl2NO2. The van der Waals surface area contributed by atoms with E-state index < -0.39 is 4.87 Å². The van der Waals surface area contributed by atoms with Crippen LogP contribution in [0.3, 0.4) is 0 Å². The molecule has 0 radical (unpaired) electrons. The lowest BCUT2D eigenvalue weighted by molar-refractivity contribution is -0.137. The van der Waals surface area contributed by atoms with E-state index in [-0.39, 0.29) is 11.8 Å². The summed E-state index contributed by atoms with van der Waals surface area (Å²) in [6.45, 7) is 4.03. The van der Waals surface area contributed by atoms with Gasteiger partial charge < -0.3 is 9.64 Å². The van der Waals surface area contributed by atoms with E-state index in [0.29, 0.717) is 26.3 Å². The topological polar surface area (TPSA) is 29.5 Å². The minimum Gasteiger partial charge on any atom is -0.378 e. The molecule has 1 heterocycles. The molecule has 5 heteroatoms. The molecule has 3 nitrogen and oxygen atoms in total. The van der Waals surface area contributed by atoms with Gasteiger partial charge in [0.15, 0.2) is 0 Å². The van der Waals surface area contributed by atoms with Crippen LogP contribution in [0.25, 0.3) is 0 Å². The molecule has 1 aliphatic heterocycles. The molecule has 0 unspecified atom stereocenters. The van der Waals surface area contributed by atoms with Crippen LogP contribution < -0.4 is 0 Å². The number of alkyl halides is 2. The van der Waals surface area contributed by atoms with E-state index >= 15 is 0 Å². The standard InChI is InChI=1S/C8H13Cl2NO2/c1-8(10,6-9)7(12)11-2-4-13-5-3-11/h2-6H2,1H3/t8-/m1/s1. The van der Waals surface area contributed by atoms with Crippen molar-refractivity contribution in [2.45, 2.75) is 11.8 Å². The largest absolute Gasteiger partial charge is 0.378 e. The number of amides is 1. The zero-order chi connectivity index (χ0) is 9.90. The van der Waals surface area contributed by atoms with Gasteiger partial charge >= 0.3 is 0 Å². The fraction of sp³-hybridized carbons (Fsp3) is 0.875. The number of carbonyl (C=O) groups excluding carboxylic acids is 1. The summed E-state index contributed by atoms with van der Waals surface area (Å²) >= 11 is 11.5. The van der Waals surface area contributed by atoms with E-state index in [9.17, 15) is 4.79 Å². The van der Waals surface area contributed by atoms with Crippen molar-refractivity contribution in [3.8, 4) is 0 Å². The van der Waals surface area contributed by atoms with Crippen LogP contribution >= 0.6 is 23.2 Å². The SMILES string of the molecule is C[C@@](Cl)(CCl)C(=O)N1CCOCC1. The number of morpholine rings is 1. The summed E-state index contributed by atoms with van der Waals surface area (Å²) in [6.07, 6.45) is 0. The highest BCUT2D eigenvalue weighted by atomic mass is 35.5. The Labute approximate surface area is 87.9 Å². The maximum atomic E-state index is 11.7. The quantitative estimate of drug-likeness (QED) is 0.659. The van der Waals surface area contributed by atoms with Crippen LogP contribution in [0.1, 0.15) is 6.92 Å². The van der Waals surface area contributed by atoms with Crippen LogP contribution in [-0.2, 0) is 9.53 Å². The highest BCUT2D eigenvalue weighted by molar-refractivity contribution is 6.39. The van der Waals surface area contributed by atoms with Crippen molar-refractivity contribution < 1.29 is 9.53 Å². The number of rotatable bonds is 2. The van der Waals surface area contributed by atoms with Gasteiger partial charge in [0.1, 0.15) is 4.87 Å². The fourth-order valence-corrected chi connectivity index (χ4v) is 1.39. The van der Waals surface area contributed by atoms with Gasteiger partial charge in [-0.15, -0.1) is 23.2 Å². The van der Waals surface area contributed by atoms with Crippen molar-refractivity contribution in [3.63, 3.8) is 0 Å². The second-order valence-corrected chi connectivity index (χ2v) is 4.34. The van der Waals surface area contributed by atoms with Crippen molar-refractivity contribution in [1.82, 2.24) is 4.90 Å². The summed E-state index contributed by atoms with van der Waals surface area (Å²) in [5.41, 5.74) is 0. The number of ether oxygens (including phenoxy) is 1. The Morgan fingerprint density at radius 1 is 1.54 bits per heavy atom. The lowest BCUT2D eigenvalue weighted by atomic mass is 10.1. The van der Waals surface area contributed by atoms with Crippen LogP contribution in [0.15, 0.2) is 0 Å². The van der Waals surface area contributed by atoms with Crippen molar-refractivity contribution in [2.24, 2.45) is 0 Å². The summed E-state index contributed by atoms with van der Waals surface area (Å²) < 4.78 is 5.13. The molecular weight excluding hydrogens is 213 g/mol. The maximum Gasteiger partial charge on any atom is 0.244 e. The minimum atomic E-state index is -0.973. The third kappa shape index (κ3) is 2.73. The molecule has 0 saturated carbocycles. The average molecular weight is 226 g/mol. The molecule has 1 fully saturated rings. The number of hydrogen-bond donors (Lipinski definition) is 0. The zero-order valence-corrected chi connectivity index (χ0v) is 9.07. The Morgan fingerprint density at radius 3 is 2.54 bits per heavy atom. The third-order valence-electron chi connectivity index (χ3n) is 2.00. The van der Waals surface area contributed by atoms with Crippen molar-refractivity contribution >= 4 is 29.1 Å². The molecule has 13 heavy (non-hydrogen) atoms. The van der Waals surface area contributed by atoms with Gasteiger partial charge in [0, 0.05) is 13.1 Å². The lowest BCUT2D eigenvalue weighted by Crippen LogP contribution is -2.49. The predicted octanol–water partition coefficient (Wildman–Crippen LogP) is 1.08. The van der Waals surface area contributed by atoms with Crippen molar-refractivity contribution in [2.75, 3.05) is 32.2 Å². The van der Waals surface area contributed by atoms with Gasteiger partial charge in [-0.1, -0.05) is 0 Å². The van der Waals surface area contributed by atoms with Gasteiger partial charge in [-0.25, -0.2) is 0 Å². The molecule has 1 atom stereocenters. The summed E-state index contributed by atoms with van der Waals surface area (Å²) in [5.74, 6) is 0.0255. The normalized spacial score (nSPS) is 22.5. The average Bonchev–Trinajstić information content (AvgIpc) is 2.18. The van der Waals surface area contributed by atoms with Gasteiger partial charge in [-0.3, -0.25) is 4.79 Å². The molecule has 0 aromatic heterocycles. The molecule has 0 spiro atoms. The second-order valence-electron chi connectivity index (χ2n) is 3.24. The van der Waals surface area contributed by atoms with E-state index in [1.54, 1.807) is 11.8 Å². The summed E-state index contributed by atoms with van der Waals surface area (Å²) in [6, 6.07) is 0. The van der Waals surface area contributed by atoms with E-state index in [1.165, 1.54) is 0 Å². The first-order valence-electron chi connectivity index (χ1n) is 4.20. The Balaban J connectivity index is 2.55. The summed E-state index contributed by atoms with van der Waals surface area (Å²) in [5, 5.41) is 0. The molecule has 1 aliphatic rings. The first-order valence-corrected chi connectivity index (χ1v) is 5.11. The van der Waals surface area contributed by atoms with Crippen LogP contribution in [0.5, 0.6) is 0 Å². The molecule has 0 aromatic carbocycles. The first-order chi connectivity index (χ1) is 6.08. The molecule has 1 rings (SSSR count). The number of nitrogens with zero attached hydrogens (tertiary/aromatic N) is 1. The number of carbonyl (C=O) groups is 1. The Kier molecular flexibility index (Phi) is 3.83. The highest BCUT2D eigenvalue weighted by Crippen LogP contribution is 2.20. The van der Waals surface area contributed by atoms with E-state index in [4.69, 9.17) is 27.9 Å². The van der Waals surface area contributed by atoms with Gasteiger partial charge in [0.2, 0.25) is 5.91 Å². The number of halogens is 2. The second kappa shape index (κ2) is 4.49. The number of hydrogen-bond acceptors (Lipinski definition) is 2. The minimum absolute atomic E-state index is 0.104. The van der Waals surface area contributed by atoms with Crippen LogP contribution in [0.4, 0.5) is 0 Å². The molecule has 0 N–H and O–H groups in total. The molecule has 0 bridgehead atoms. The molecule has 1 amide bonds. The first kappa shape index (κ1) is 11.1. The van der Waals surface area contributed by atoms with Crippen molar-refractivity contribution in [3.05, 3.63) is 0 Å². The van der Waals surface area contributed by atoms with Crippen LogP contribution in [0.2, 0.25) is 0 Å². The van der Waals surface area contributed by atoms with Crippen LogP contribution in [0, 0.1) is 0 Å². The maximum absolute atomic E-state index is 11.7. The fourth-order valence-electron chi connectivity index (χ4n) is 1.15. The summed E-state index contributed by atoms with van der Waals surface area (Å²) in [4.78, 5) is 12.4. The molecule has 76 valence electrons. The van der Waals surface area contributed by atoms with Gasteiger partial charge in [-0.05, 0) is 6.92 Å². The zero-order valence-electron chi connectivity index (χ0n) is 7.56. The van der Waals surface area contributed by atoms with E-state index in [1.807, 2.05) is 0 Å². The van der Waals surface area contributed by atoms with Crippen molar-refractivity contribution in [1.29, 1.82) is 0 Å². The highest BCUT2D eigenvalue weighted by Gasteiger charge is 2.34. The predicted molar refractivity (Wildman–Crippen MR) is 52.4 cm³/mol. The Bertz CT molecular complexity index is 191. The smallest absolute Gasteiger partial charge is 0.244 e.